The van der Waals surface area contributed by atoms with Crippen LogP contribution in [0.2, 0.25) is 0 Å². The van der Waals surface area contributed by atoms with Crippen LogP contribution in [0.5, 0.6) is 5.75 Å². The number of rotatable bonds is 3. The number of nitrogens with one attached hydrogen (secondary N) is 2. The van der Waals surface area contributed by atoms with E-state index >= 15 is 0 Å². The van der Waals surface area contributed by atoms with Crippen LogP contribution in [0.1, 0.15) is 43.5 Å². The highest BCUT2D eigenvalue weighted by molar-refractivity contribution is 6.02. The van der Waals surface area contributed by atoms with Crippen molar-refractivity contribution in [1.29, 1.82) is 0 Å². The first kappa shape index (κ1) is 18.0. The van der Waals surface area contributed by atoms with Crippen LogP contribution < -0.4 is 10.1 Å². The minimum absolute atomic E-state index is 0.0716. The molecule has 0 bridgehead atoms. The van der Waals surface area contributed by atoms with Crippen molar-refractivity contribution in [1.82, 2.24) is 15.0 Å². The second-order valence-corrected chi connectivity index (χ2v) is 8.44. The fourth-order valence-electron chi connectivity index (χ4n) is 3.98. The zero-order valence-electron chi connectivity index (χ0n) is 16.1. The molecule has 1 fully saturated rings. The summed E-state index contributed by atoms with van der Waals surface area (Å²) in [5.74, 6) is -1.62. The molecular weight excluding hydrogens is 378 g/mol. The number of anilines is 1. The van der Waals surface area contributed by atoms with Gasteiger partial charge in [0, 0.05) is 42.2 Å². The summed E-state index contributed by atoms with van der Waals surface area (Å²) >= 11 is 0. The van der Waals surface area contributed by atoms with Crippen LogP contribution in [-0.4, -0.2) is 38.3 Å². The molecule has 2 aliphatic rings. The average molecular weight is 398 g/mol. The maximum absolute atomic E-state index is 13.0. The largest absolute Gasteiger partial charge is 0.487 e. The second kappa shape index (κ2) is 5.98. The Balaban J connectivity index is 1.45. The van der Waals surface area contributed by atoms with Crippen molar-refractivity contribution in [2.75, 3.05) is 5.32 Å². The van der Waals surface area contributed by atoms with Crippen LogP contribution in [0.3, 0.4) is 0 Å². The van der Waals surface area contributed by atoms with E-state index in [1.807, 2.05) is 32.2 Å². The van der Waals surface area contributed by atoms with E-state index in [2.05, 4.69) is 20.3 Å². The summed E-state index contributed by atoms with van der Waals surface area (Å²) in [6, 6.07) is 5.22. The van der Waals surface area contributed by atoms with Gasteiger partial charge in [-0.25, -0.2) is 13.8 Å². The molecule has 3 aromatic rings. The van der Waals surface area contributed by atoms with Gasteiger partial charge in [-0.1, -0.05) is 6.07 Å². The number of nitrogens with zero attached hydrogens (tertiary/aromatic N) is 2. The molecule has 0 atom stereocenters. The van der Waals surface area contributed by atoms with Gasteiger partial charge in [-0.05, 0) is 31.5 Å². The molecule has 29 heavy (non-hydrogen) atoms. The first-order valence-electron chi connectivity index (χ1n) is 9.54. The minimum atomic E-state index is -2.59. The standard InChI is InChI=1S/C21H20F2N4O2/c1-20(2)8-16(28)13-4-3-11(5-17(13)29-20)14-9-24-18-15(14)10-25-19(27-18)26-12-6-21(22,23)7-12/h3-5,9-10,12H,6-8H2,1-2H3,(H2,24,25,26,27). The molecule has 150 valence electrons. The van der Waals surface area contributed by atoms with Crippen molar-refractivity contribution < 1.29 is 18.3 Å². The Labute approximate surface area is 165 Å². The van der Waals surface area contributed by atoms with Crippen LogP contribution in [0.25, 0.3) is 22.2 Å². The fourth-order valence-corrected chi connectivity index (χ4v) is 3.98. The first-order valence-corrected chi connectivity index (χ1v) is 9.54. The van der Waals surface area contributed by atoms with E-state index in [-0.39, 0.29) is 24.7 Å². The van der Waals surface area contributed by atoms with Crippen LogP contribution in [-0.2, 0) is 0 Å². The van der Waals surface area contributed by atoms with Crippen LogP contribution in [0.15, 0.2) is 30.6 Å². The van der Waals surface area contributed by atoms with Gasteiger partial charge in [0.15, 0.2) is 5.78 Å². The second-order valence-electron chi connectivity index (χ2n) is 8.44. The number of hydrogen-bond acceptors (Lipinski definition) is 5. The number of fused-ring (bicyclic) bond motifs is 2. The van der Waals surface area contributed by atoms with Crippen LogP contribution in [0, 0.1) is 0 Å². The number of hydrogen-bond donors (Lipinski definition) is 2. The summed E-state index contributed by atoms with van der Waals surface area (Å²) in [7, 11) is 0. The Morgan fingerprint density at radius 2 is 2.03 bits per heavy atom. The van der Waals surface area contributed by atoms with Gasteiger partial charge in [-0.15, -0.1) is 0 Å². The molecule has 5 rings (SSSR count). The van der Waals surface area contributed by atoms with Crippen molar-refractivity contribution in [2.45, 2.75) is 50.7 Å². The van der Waals surface area contributed by atoms with Gasteiger partial charge >= 0.3 is 0 Å². The number of carbonyl (C=O) groups is 1. The Hall–Kier alpha value is -3.03. The van der Waals surface area contributed by atoms with Crippen molar-refractivity contribution in [3.8, 4) is 16.9 Å². The van der Waals surface area contributed by atoms with Gasteiger partial charge in [0.05, 0.1) is 12.0 Å². The molecule has 6 nitrogen and oxygen atoms in total. The normalized spacial score (nSPS) is 20.1. The van der Waals surface area contributed by atoms with Gasteiger partial charge in [-0.2, -0.15) is 4.98 Å². The SMILES string of the molecule is CC1(C)CC(=O)c2ccc(-c3c[nH]c4nc(NC5CC(F)(F)C5)ncc34)cc2O1. The van der Waals surface area contributed by atoms with Crippen molar-refractivity contribution in [3.05, 3.63) is 36.2 Å². The summed E-state index contributed by atoms with van der Waals surface area (Å²) in [6.45, 7) is 3.79. The molecule has 0 saturated heterocycles. The van der Waals surface area contributed by atoms with Crippen molar-refractivity contribution in [3.63, 3.8) is 0 Å². The van der Waals surface area contributed by atoms with E-state index in [0.717, 1.165) is 16.5 Å². The lowest BCUT2D eigenvalue weighted by molar-refractivity contribution is -0.0794. The Kier molecular flexibility index (Phi) is 3.72. The van der Waals surface area contributed by atoms with E-state index < -0.39 is 11.5 Å². The third-order valence-corrected chi connectivity index (χ3v) is 5.42. The molecule has 1 aromatic carbocycles. The number of alkyl halides is 2. The number of aromatic nitrogens is 3. The first-order chi connectivity index (χ1) is 13.7. The molecule has 8 heteroatoms. The molecule has 1 saturated carbocycles. The smallest absolute Gasteiger partial charge is 0.252 e. The van der Waals surface area contributed by atoms with E-state index in [9.17, 15) is 13.6 Å². The van der Waals surface area contributed by atoms with Crippen LogP contribution >= 0.6 is 0 Å². The maximum atomic E-state index is 13.0. The molecule has 2 N–H and O–H groups in total. The van der Waals surface area contributed by atoms with E-state index in [1.165, 1.54) is 0 Å². The maximum Gasteiger partial charge on any atom is 0.252 e. The molecule has 0 radical (unpaired) electrons. The highest BCUT2D eigenvalue weighted by Crippen LogP contribution is 2.39. The predicted octanol–water partition coefficient (Wildman–Crippen LogP) is 4.58. The summed E-state index contributed by atoms with van der Waals surface area (Å²) in [5, 5.41) is 3.75. The molecule has 1 aliphatic carbocycles. The highest BCUT2D eigenvalue weighted by Gasteiger charge is 2.45. The number of H-pyrrole nitrogens is 1. The van der Waals surface area contributed by atoms with Gasteiger partial charge in [0.2, 0.25) is 5.95 Å². The zero-order chi connectivity index (χ0) is 20.4. The zero-order valence-corrected chi connectivity index (χ0v) is 16.1. The molecular formula is C21H20F2N4O2. The number of aromatic amines is 1. The number of halogens is 2. The Morgan fingerprint density at radius 3 is 2.79 bits per heavy atom. The van der Waals surface area contributed by atoms with Gasteiger partial charge in [0.25, 0.3) is 5.92 Å². The van der Waals surface area contributed by atoms with E-state index in [1.54, 1.807) is 12.3 Å². The van der Waals surface area contributed by atoms with Crippen LogP contribution in [0.4, 0.5) is 14.7 Å². The Morgan fingerprint density at radius 1 is 1.24 bits per heavy atom. The van der Waals surface area contributed by atoms with Gasteiger partial charge in [0.1, 0.15) is 17.0 Å². The molecule has 1 aliphatic heterocycles. The lowest BCUT2D eigenvalue weighted by Crippen LogP contribution is -2.44. The number of Topliss-reactive ketones (excluding diaryl/α,β-unsaturated/α-hetero) is 1. The summed E-state index contributed by atoms with van der Waals surface area (Å²) in [4.78, 5) is 24.1. The molecule has 3 heterocycles. The molecule has 0 amide bonds. The fraction of sp³-hybridized carbons (Fsp3) is 0.381. The lowest BCUT2D eigenvalue weighted by Gasteiger charge is -2.35. The predicted molar refractivity (Wildman–Crippen MR) is 105 cm³/mol. The number of ether oxygens (including phenoxy) is 1. The summed E-state index contributed by atoms with van der Waals surface area (Å²) in [6.07, 6.45) is 3.44. The molecule has 0 spiro atoms. The van der Waals surface area contributed by atoms with Gasteiger partial charge < -0.3 is 15.0 Å². The summed E-state index contributed by atoms with van der Waals surface area (Å²) in [5.41, 5.74) is 2.42. The third-order valence-electron chi connectivity index (χ3n) is 5.42. The Bertz CT molecular complexity index is 1130. The van der Waals surface area contributed by atoms with Gasteiger partial charge in [-0.3, -0.25) is 4.79 Å². The minimum Gasteiger partial charge on any atom is -0.487 e. The van der Waals surface area contributed by atoms with Crippen molar-refractivity contribution >= 4 is 22.8 Å². The topological polar surface area (TPSA) is 79.9 Å². The monoisotopic (exact) mass is 398 g/mol. The number of carbonyl (C=O) groups excluding carboxylic acids is 1. The quantitative estimate of drug-likeness (QED) is 0.675. The van der Waals surface area contributed by atoms with E-state index in [4.69, 9.17) is 4.74 Å². The molecule has 2 aromatic heterocycles. The average Bonchev–Trinajstić information content (AvgIpc) is 3.01. The number of ketones is 1. The lowest BCUT2D eigenvalue weighted by atomic mass is 9.88. The van der Waals surface area contributed by atoms with E-state index in [0.29, 0.717) is 29.3 Å². The highest BCUT2D eigenvalue weighted by atomic mass is 19.3. The summed E-state index contributed by atoms with van der Waals surface area (Å²) < 4.78 is 32.0. The molecule has 0 unspecified atom stereocenters. The van der Waals surface area contributed by atoms with Crippen molar-refractivity contribution in [2.24, 2.45) is 0 Å². The number of benzene rings is 1. The third kappa shape index (κ3) is 3.22.